The van der Waals surface area contributed by atoms with Crippen LogP contribution in [-0.2, 0) is 0 Å². The number of ether oxygens (including phenoxy) is 1. The quantitative estimate of drug-likeness (QED) is 0.897. The molecule has 106 valence electrons. The second-order valence-electron chi connectivity index (χ2n) is 5.04. The van der Waals surface area contributed by atoms with Gasteiger partial charge < -0.3 is 9.84 Å². The summed E-state index contributed by atoms with van der Waals surface area (Å²) in [5, 5.41) is 10.6. The van der Waals surface area contributed by atoms with Crippen LogP contribution in [-0.4, -0.2) is 12.2 Å². The lowest BCUT2D eigenvalue weighted by Gasteiger charge is -2.19. The number of benzene rings is 2. The van der Waals surface area contributed by atoms with Gasteiger partial charge in [0, 0.05) is 10.0 Å². The molecule has 2 aromatic carbocycles. The van der Waals surface area contributed by atoms with Crippen LogP contribution in [0.2, 0.25) is 0 Å². The molecule has 0 fully saturated rings. The van der Waals surface area contributed by atoms with Crippen molar-refractivity contribution in [3.8, 4) is 5.75 Å². The second-order valence-corrected chi connectivity index (χ2v) is 5.90. The van der Waals surface area contributed by atoms with Gasteiger partial charge in [-0.05, 0) is 49.1 Å². The van der Waals surface area contributed by atoms with Gasteiger partial charge in [0.25, 0.3) is 0 Å². The van der Waals surface area contributed by atoms with Gasteiger partial charge in [0.15, 0.2) is 0 Å². The van der Waals surface area contributed by atoms with Crippen LogP contribution in [0, 0.1) is 20.8 Å². The maximum atomic E-state index is 10.6. The van der Waals surface area contributed by atoms with E-state index in [1.165, 1.54) is 0 Å². The Bertz CT molecular complexity index is 635. The second kappa shape index (κ2) is 5.98. The maximum Gasteiger partial charge on any atom is 0.128 e. The Balaban J connectivity index is 2.50. The predicted molar refractivity (Wildman–Crippen MR) is 85.4 cm³/mol. The lowest BCUT2D eigenvalue weighted by atomic mass is 9.95. The molecule has 1 N–H and O–H groups in total. The average molecular weight is 335 g/mol. The van der Waals surface area contributed by atoms with E-state index in [0.29, 0.717) is 0 Å². The van der Waals surface area contributed by atoms with Gasteiger partial charge in [0.05, 0.1) is 7.11 Å². The molecule has 0 aliphatic heterocycles. The van der Waals surface area contributed by atoms with Crippen molar-refractivity contribution in [3.05, 3.63) is 62.6 Å². The molecule has 0 aliphatic rings. The van der Waals surface area contributed by atoms with E-state index in [1.807, 2.05) is 51.1 Å². The van der Waals surface area contributed by atoms with Crippen molar-refractivity contribution < 1.29 is 9.84 Å². The number of aliphatic hydroxyl groups excluding tert-OH is 1. The zero-order valence-corrected chi connectivity index (χ0v) is 13.8. The number of aryl methyl sites for hydroxylation is 2. The van der Waals surface area contributed by atoms with Crippen molar-refractivity contribution in [2.45, 2.75) is 26.9 Å². The molecule has 0 saturated heterocycles. The highest BCUT2D eigenvalue weighted by molar-refractivity contribution is 9.10. The third-order valence-electron chi connectivity index (χ3n) is 3.70. The molecular formula is C17H19BrO2. The van der Waals surface area contributed by atoms with Crippen molar-refractivity contribution in [1.29, 1.82) is 0 Å². The Hall–Kier alpha value is -1.32. The topological polar surface area (TPSA) is 29.5 Å². The van der Waals surface area contributed by atoms with Crippen molar-refractivity contribution in [2.24, 2.45) is 0 Å². The van der Waals surface area contributed by atoms with Crippen molar-refractivity contribution in [3.63, 3.8) is 0 Å². The first-order chi connectivity index (χ1) is 9.45. The van der Waals surface area contributed by atoms with Crippen LogP contribution in [0.5, 0.6) is 5.75 Å². The molecule has 2 rings (SSSR count). The highest BCUT2D eigenvalue weighted by atomic mass is 79.9. The van der Waals surface area contributed by atoms with Crippen molar-refractivity contribution >= 4 is 15.9 Å². The molecule has 2 aromatic rings. The van der Waals surface area contributed by atoms with Crippen LogP contribution in [0.1, 0.15) is 33.9 Å². The Kier molecular flexibility index (Phi) is 4.51. The van der Waals surface area contributed by atoms with Crippen LogP contribution >= 0.6 is 15.9 Å². The summed E-state index contributed by atoms with van der Waals surface area (Å²) in [6.45, 7) is 6.06. The Labute approximate surface area is 128 Å². The zero-order chi connectivity index (χ0) is 14.9. The molecule has 0 bridgehead atoms. The summed E-state index contributed by atoms with van der Waals surface area (Å²) in [5.74, 6) is 0.762. The van der Waals surface area contributed by atoms with Gasteiger partial charge in [0.1, 0.15) is 11.9 Å². The Morgan fingerprint density at radius 2 is 1.75 bits per heavy atom. The molecule has 0 aromatic heterocycles. The largest absolute Gasteiger partial charge is 0.496 e. The molecule has 0 aliphatic carbocycles. The number of hydrogen-bond acceptors (Lipinski definition) is 2. The Morgan fingerprint density at radius 1 is 1.05 bits per heavy atom. The molecule has 0 spiro atoms. The SMILES string of the molecule is COc1c(C(O)c2ccc(Br)c(C)c2)ccc(C)c1C. The third kappa shape index (κ3) is 2.74. The van der Waals surface area contributed by atoms with E-state index in [9.17, 15) is 5.11 Å². The van der Waals surface area contributed by atoms with Gasteiger partial charge in [-0.1, -0.05) is 40.2 Å². The van der Waals surface area contributed by atoms with E-state index in [1.54, 1.807) is 7.11 Å². The monoisotopic (exact) mass is 334 g/mol. The van der Waals surface area contributed by atoms with Crippen LogP contribution < -0.4 is 4.74 Å². The highest BCUT2D eigenvalue weighted by Gasteiger charge is 2.18. The molecule has 0 heterocycles. The van der Waals surface area contributed by atoms with E-state index in [-0.39, 0.29) is 0 Å². The summed E-state index contributed by atoms with van der Waals surface area (Å²) in [6.07, 6.45) is -0.684. The molecular weight excluding hydrogens is 316 g/mol. The zero-order valence-electron chi connectivity index (χ0n) is 12.2. The van der Waals surface area contributed by atoms with Crippen LogP contribution in [0.15, 0.2) is 34.8 Å². The third-order valence-corrected chi connectivity index (χ3v) is 4.59. The molecule has 0 amide bonds. The number of rotatable bonds is 3. The van der Waals surface area contributed by atoms with E-state index >= 15 is 0 Å². The lowest BCUT2D eigenvalue weighted by molar-refractivity contribution is 0.214. The molecule has 1 unspecified atom stereocenters. The first-order valence-corrected chi connectivity index (χ1v) is 7.33. The standard InChI is InChI=1S/C17H19BrO2/c1-10-5-7-14(17(20-4)12(10)3)16(19)13-6-8-15(18)11(2)9-13/h5-9,16,19H,1-4H3. The summed E-state index contributed by atoms with van der Waals surface area (Å²) in [7, 11) is 1.64. The minimum absolute atomic E-state index is 0.684. The van der Waals surface area contributed by atoms with Crippen LogP contribution in [0.4, 0.5) is 0 Å². The summed E-state index contributed by atoms with van der Waals surface area (Å²) in [5.41, 5.74) is 5.00. The fourth-order valence-corrected chi connectivity index (χ4v) is 2.56. The van der Waals surface area contributed by atoms with E-state index in [4.69, 9.17) is 4.74 Å². The Morgan fingerprint density at radius 3 is 2.35 bits per heavy atom. The first-order valence-electron chi connectivity index (χ1n) is 6.54. The number of halogens is 1. The minimum Gasteiger partial charge on any atom is -0.496 e. The fourth-order valence-electron chi connectivity index (χ4n) is 2.31. The van der Waals surface area contributed by atoms with E-state index in [0.717, 1.165) is 38.0 Å². The number of aliphatic hydroxyl groups is 1. The predicted octanol–water partition coefficient (Wildman–Crippen LogP) is 4.46. The van der Waals surface area contributed by atoms with Gasteiger partial charge >= 0.3 is 0 Å². The number of hydrogen-bond donors (Lipinski definition) is 1. The molecule has 3 heteroatoms. The van der Waals surface area contributed by atoms with Gasteiger partial charge in [-0.3, -0.25) is 0 Å². The molecule has 2 nitrogen and oxygen atoms in total. The smallest absolute Gasteiger partial charge is 0.128 e. The van der Waals surface area contributed by atoms with Crippen LogP contribution in [0.3, 0.4) is 0 Å². The molecule has 0 saturated carbocycles. The van der Waals surface area contributed by atoms with Crippen molar-refractivity contribution in [1.82, 2.24) is 0 Å². The summed E-state index contributed by atoms with van der Waals surface area (Å²) in [4.78, 5) is 0. The molecule has 1 atom stereocenters. The maximum absolute atomic E-state index is 10.6. The first kappa shape index (κ1) is 15.1. The molecule has 20 heavy (non-hydrogen) atoms. The summed E-state index contributed by atoms with van der Waals surface area (Å²) in [6, 6.07) is 9.83. The van der Waals surface area contributed by atoms with Gasteiger partial charge in [-0.15, -0.1) is 0 Å². The fraction of sp³-hybridized carbons (Fsp3) is 0.294. The van der Waals surface area contributed by atoms with Gasteiger partial charge in [0.2, 0.25) is 0 Å². The van der Waals surface area contributed by atoms with E-state index < -0.39 is 6.10 Å². The number of methoxy groups -OCH3 is 1. The minimum atomic E-state index is -0.684. The highest BCUT2D eigenvalue weighted by Crippen LogP contribution is 2.34. The van der Waals surface area contributed by atoms with Crippen LogP contribution in [0.25, 0.3) is 0 Å². The summed E-state index contributed by atoms with van der Waals surface area (Å²) < 4.78 is 6.53. The van der Waals surface area contributed by atoms with Gasteiger partial charge in [-0.2, -0.15) is 0 Å². The van der Waals surface area contributed by atoms with Gasteiger partial charge in [-0.25, -0.2) is 0 Å². The van der Waals surface area contributed by atoms with Crippen molar-refractivity contribution in [2.75, 3.05) is 7.11 Å². The average Bonchev–Trinajstić information content (AvgIpc) is 2.44. The van der Waals surface area contributed by atoms with E-state index in [2.05, 4.69) is 15.9 Å². The lowest BCUT2D eigenvalue weighted by Crippen LogP contribution is -2.05. The molecule has 0 radical (unpaired) electrons. The summed E-state index contributed by atoms with van der Waals surface area (Å²) >= 11 is 3.48. The normalized spacial score (nSPS) is 12.3.